The summed E-state index contributed by atoms with van der Waals surface area (Å²) in [5, 5.41) is 32.5. The van der Waals surface area contributed by atoms with Crippen molar-refractivity contribution in [3.05, 3.63) is 52.6 Å². The Morgan fingerprint density at radius 2 is 1.25 bits per heavy atom. The summed E-state index contributed by atoms with van der Waals surface area (Å²) >= 11 is 0. The van der Waals surface area contributed by atoms with Gasteiger partial charge >= 0.3 is 0 Å². The molecule has 4 saturated carbocycles. The number of aryl methyl sites for hydroxylation is 2. The van der Waals surface area contributed by atoms with Crippen molar-refractivity contribution in [3.8, 4) is 17.2 Å². The van der Waals surface area contributed by atoms with Gasteiger partial charge in [-0.25, -0.2) is 0 Å². The summed E-state index contributed by atoms with van der Waals surface area (Å²) < 4.78 is 6.46. The van der Waals surface area contributed by atoms with Crippen LogP contribution >= 0.6 is 0 Å². The van der Waals surface area contributed by atoms with Crippen LogP contribution < -0.4 is 4.74 Å². The topological polar surface area (TPSA) is 69.9 Å². The monoisotopic (exact) mass is 542 g/mol. The molecular weight excluding hydrogens is 496 g/mol. The van der Waals surface area contributed by atoms with Gasteiger partial charge in [-0.1, -0.05) is 19.9 Å². The number of rotatable bonds is 2. The average Bonchev–Trinajstić information content (AvgIpc) is 3.43. The first kappa shape index (κ1) is 25.7. The van der Waals surface area contributed by atoms with Crippen LogP contribution in [-0.2, 0) is 12.8 Å². The number of aliphatic hydroxyl groups excluding tert-OH is 2. The molecule has 4 nitrogen and oxygen atoms in total. The highest BCUT2D eigenvalue weighted by Gasteiger charge is 2.55. The fourth-order valence-electron chi connectivity index (χ4n) is 11.4. The molecule has 4 heteroatoms. The molecule has 0 aliphatic heterocycles. The van der Waals surface area contributed by atoms with Crippen molar-refractivity contribution in [2.75, 3.05) is 0 Å². The third-order valence-corrected chi connectivity index (χ3v) is 13.6. The molecule has 6 aliphatic carbocycles. The van der Waals surface area contributed by atoms with E-state index in [1.165, 1.54) is 41.5 Å². The lowest BCUT2D eigenvalue weighted by atomic mass is 9.55. The first-order valence-electron chi connectivity index (χ1n) is 16.3. The van der Waals surface area contributed by atoms with E-state index in [0.29, 0.717) is 41.3 Å². The predicted molar refractivity (Wildman–Crippen MR) is 156 cm³/mol. The highest BCUT2D eigenvalue weighted by Crippen LogP contribution is 2.62. The number of phenolic OH excluding ortho intramolecular Hbond substituents is 1. The smallest absolute Gasteiger partial charge is 0.169 e. The van der Waals surface area contributed by atoms with Gasteiger partial charge in [0, 0.05) is 0 Å². The van der Waals surface area contributed by atoms with E-state index in [1.54, 1.807) is 0 Å². The van der Waals surface area contributed by atoms with Crippen LogP contribution in [0.4, 0.5) is 0 Å². The zero-order chi connectivity index (χ0) is 27.4. The van der Waals surface area contributed by atoms with Gasteiger partial charge < -0.3 is 20.1 Å². The Morgan fingerprint density at radius 1 is 0.675 bits per heavy atom. The Balaban J connectivity index is 1.05. The van der Waals surface area contributed by atoms with Gasteiger partial charge in [0.1, 0.15) is 5.75 Å². The fraction of sp³-hybridized carbons (Fsp3) is 0.667. The quantitative estimate of drug-likeness (QED) is 0.365. The maximum atomic E-state index is 11.0. The molecule has 0 aromatic heterocycles. The van der Waals surface area contributed by atoms with E-state index < -0.39 is 0 Å². The molecular formula is C36H46O4. The molecule has 0 bridgehead atoms. The average molecular weight is 543 g/mol. The Morgan fingerprint density at radius 3 is 1.88 bits per heavy atom. The Hall–Kier alpha value is -2.04. The van der Waals surface area contributed by atoms with Gasteiger partial charge in [0.15, 0.2) is 11.5 Å². The maximum absolute atomic E-state index is 11.0. The van der Waals surface area contributed by atoms with E-state index in [9.17, 15) is 15.3 Å². The van der Waals surface area contributed by atoms with Gasteiger partial charge in [0.05, 0.1) is 12.2 Å². The molecule has 4 fully saturated rings. The second-order valence-corrected chi connectivity index (χ2v) is 15.1. The molecule has 0 spiro atoms. The second-order valence-electron chi connectivity index (χ2n) is 15.1. The number of ether oxygens (including phenoxy) is 1. The van der Waals surface area contributed by atoms with E-state index in [-0.39, 0.29) is 28.8 Å². The molecule has 214 valence electrons. The number of hydrogen-bond acceptors (Lipinski definition) is 4. The van der Waals surface area contributed by atoms with Crippen LogP contribution in [0.1, 0.15) is 112 Å². The van der Waals surface area contributed by atoms with Crippen molar-refractivity contribution < 1.29 is 20.1 Å². The van der Waals surface area contributed by atoms with E-state index >= 15 is 0 Å². The number of benzene rings is 2. The van der Waals surface area contributed by atoms with Crippen molar-refractivity contribution in [2.45, 2.75) is 115 Å². The number of aromatic hydroxyl groups is 1. The van der Waals surface area contributed by atoms with Gasteiger partial charge in [-0.05, 0) is 170 Å². The first-order valence-corrected chi connectivity index (χ1v) is 16.3. The van der Waals surface area contributed by atoms with Gasteiger partial charge in [-0.3, -0.25) is 0 Å². The van der Waals surface area contributed by atoms with Crippen LogP contribution in [0.2, 0.25) is 0 Å². The summed E-state index contributed by atoms with van der Waals surface area (Å²) in [4.78, 5) is 0. The normalized spacial score (nSPS) is 43.1. The zero-order valence-corrected chi connectivity index (χ0v) is 24.2. The van der Waals surface area contributed by atoms with Gasteiger partial charge in [0.2, 0.25) is 0 Å². The molecule has 0 radical (unpaired) electrons. The summed E-state index contributed by atoms with van der Waals surface area (Å²) in [5.74, 6) is 5.31. The predicted octanol–water partition coefficient (Wildman–Crippen LogP) is 7.62. The molecule has 40 heavy (non-hydrogen) atoms. The molecule has 8 rings (SSSR count). The van der Waals surface area contributed by atoms with Crippen molar-refractivity contribution >= 4 is 0 Å². The lowest BCUT2D eigenvalue weighted by molar-refractivity contribution is -0.0226. The molecule has 0 amide bonds. The maximum Gasteiger partial charge on any atom is 0.169 e. The highest BCUT2D eigenvalue weighted by atomic mass is 16.5. The lowest BCUT2D eigenvalue weighted by Gasteiger charge is -2.50. The van der Waals surface area contributed by atoms with Gasteiger partial charge in [-0.2, -0.15) is 0 Å². The summed E-state index contributed by atoms with van der Waals surface area (Å²) in [7, 11) is 0. The van der Waals surface area contributed by atoms with Crippen LogP contribution in [0, 0.1) is 34.5 Å². The summed E-state index contributed by atoms with van der Waals surface area (Å²) in [6.45, 7) is 4.67. The van der Waals surface area contributed by atoms with Crippen molar-refractivity contribution in [2.24, 2.45) is 34.5 Å². The van der Waals surface area contributed by atoms with Crippen LogP contribution in [0.5, 0.6) is 17.2 Å². The number of aliphatic hydroxyl groups is 2. The largest absolute Gasteiger partial charge is 0.504 e. The lowest BCUT2D eigenvalue weighted by Crippen LogP contribution is -2.43. The molecule has 2 aromatic carbocycles. The molecule has 0 saturated heterocycles. The number of phenols is 1. The second kappa shape index (κ2) is 8.98. The van der Waals surface area contributed by atoms with Crippen molar-refractivity contribution in [3.63, 3.8) is 0 Å². The molecule has 0 unspecified atom stereocenters. The third-order valence-electron chi connectivity index (χ3n) is 13.6. The van der Waals surface area contributed by atoms with Gasteiger partial charge in [-0.15, -0.1) is 0 Å². The minimum atomic E-state index is -0.152. The van der Waals surface area contributed by atoms with Crippen molar-refractivity contribution in [1.82, 2.24) is 0 Å². The Bertz CT molecular complexity index is 1330. The minimum absolute atomic E-state index is 0.0750. The van der Waals surface area contributed by atoms with Crippen LogP contribution in [0.25, 0.3) is 0 Å². The van der Waals surface area contributed by atoms with Gasteiger partial charge in [0.25, 0.3) is 0 Å². The van der Waals surface area contributed by atoms with E-state index in [2.05, 4.69) is 38.1 Å². The fourth-order valence-corrected chi connectivity index (χ4v) is 11.4. The van der Waals surface area contributed by atoms with Crippen LogP contribution in [0.3, 0.4) is 0 Å². The first-order chi connectivity index (χ1) is 19.3. The standard InChI is InChI=1S/C36H46O4/c1-35-15-13-24-23-8-5-22(17-20(23)3-6-26(24)29(35)9-11-33(35)38)40-32-19-28-21(18-31(32)37)4-7-27-25(28)14-16-36(2)30(27)10-12-34(36)39/h5,8,17-19,24-27,29-30,33-34,37-39H,3-4,6-7,9-16H2,1-2H3/t24-,25+,26-,27-,29+,30+,33+,34+,35+,36+/m1/s1. The van der Waals surface area contributed by atoms with Crippen LogP contribution in [-0.4, -0.2) is 27.5 Å². The van der Waals surface area contributed by atoms with Crippen molar-refractivity contribution in [1.29, 1.82) is 0 Å². The zero-order valence-electron chi connectivity index (χ0n) is 24.2. The highest BCUT2D eigenvalue weighted by molar-refractivity contribution is 5.52. The van der Waals surface area contributed by atoms with E-state index in [1.807, 2.05) is 6.07 Å². The third kappa shape index (κ3) is 3.57. The summed E-state index contributed by atoms with van der Waals surface area (Å²) in [6, 6.07) is 10.8. The molecule has 10 atom stereocenters. The Kier molecular flexibility index (Phi) is 5.76. The molecule has 0 heterocycles. The van der Waals surface area contributed by atoms with Crippen LogP contribution in [0.15, 0.2) is 30.3 Å². The minimum Gasteiger partial charge on any atom is -0.504 e. The van der Waals surface area contributed by atoms with E-state index in [4.69, 9.17) is 4.74 Å². The Labute approximate surface area is 239 Å². The molecule has 6 aliphatic rings. The SMILES string of the molecule is C[C@]12CC[C@@H]3c4ccc(Oc5cc6c(cc5O)CC[C@@H]5[C@@H]6CC[C@]6(C)[C@@H](O)CC[C@@H]56)cc4CC[C@H]3[C@@H]1CC[C@@H]2O. The molecule has 3 N–H and O–H groups in total. The number of fused-ring (bicyclic) bond motifs is 10. The summed E-state index contributed by atoms with van der Waals surface area (Å²) in [5.41, 5.74) is 5.74. The molecule has 2 aromatic rings. The summed E-state index contributed by atoms with van der Waals surface area (Å²) in [6.07, 6.45) is 12.9. The number of hydrogen-bond donors (Lipinski definition) is 3. The van der Waals surface area contributed by atoms with E-state index in [0.717, 1.165) is 63.5 Å².